The van der Waals surface area contributed by atoms with Crippen molar-refractivity contribution in [2.24, 2.45) is 10.9 Å². The molecule has 0 aliphatic heterocycles. The molecule has 1 heterocycles. The van der Waals surface area contributed by atoms with Gasteiger partial charge in [0.2, 0.25) is 5.91 Å². The van der Waals surface area contributed by atoms with Gasteiger partial charge in [-0.2, -0.15) is 0 Å². The lowest BCUT2D eigenvalue weighted by Crippen LogP contribution is -2.47. The first-order valence-electron chi connectivity index (χ1n) is 11.4. The van der Waals surface area contributed by atoms with Crippen molar-refractivity contribution < 1.29 is 18.4 Å². The van der Waals surface area contributed by atoms with Gasteiger partial charge in [-0.25, -0.2) is 8.78 Å². The lowest BCUT2D eigenvalue weighted by Gasteiger charge is -2.22. The number of nitrogens with one attached hydrogen (secondary N) is 3. The van der Waals surface area contributed by atoms with Gasteiger partial charge in [0.15, 0.2) is 5.82 Å². The number of nitrogens with zero attached hydrogens (tertiary/aromatic N) is 2. The number of hydrogen-bond donors (Lipinski definition) is 3. The summed E-state index contributed by atoms with van der Waals surface area (Å²) in [5.41, 5.74) is 0.985. The number of amides is 2. The van der Waals surface area contributed by atoms with E-state index >= 15 is 0 Å². The predicted molar refractivity (Wildman–Crippen MR) is 132 cm³/mol. The fourth-order valence-electron chi connectivity index (χ4n) is 4.06. The Morgan fingerprint density at radius 2 is 1.91 bits per heavy atom. The van der Waals surface area contributed by atoms with E-state index in [1.807, 2.05) is 0 Å². The maximum Gasteiger partial charge on any atom is 0.252 e. The number of halogens is 2. The maximum absolute atomic E-state index is 14.4. The highest BCUT2D eigenvalue weighted by atomic mass is 19.1. The van der Waals surface area contributed by atoms with Crippen LogP contribution in [0.4, 0.5) is 20.2 Å². The number of aliphatic imine (C=N–C) groups is 1. The zero-order valence-corrected chi connectivity index (χ0v) is 19.6. The van der Waals surface area contributed by atoms with Gasteiger partial charge in [-0.15, -0.1) is 0 Å². The maximum atomic E-state index is 14.4. The standard InChI is InChI=1S/C26H29F2N5O2/c1-4-19(14-29-3)31-26(35)24(12-17-7-5-6-8-17)33-25(34)18-9-10-20(27)23(13-18)32-22-11-16(2)30-15-21(22)28/h4,9-11,13-15,17,24H,1,3,5-8,12H2,2H3,(H,30,32)(H,31,35)(H,33,34)/b19-14+. The molecule has 1 atom stereocenters. The van der Waals surface area contributed by atoms with Crippen LogP contribution >= 0.6 is 0 Å². The van der Waals surface area contributed by atoms with Crippen LogP contribution in [0.25, 0.3) is 0 Å². The fourth-order valence-corrected chi connectivity index (χ4v) is 4.06. The first-order valence-corrected chi connectivity index (χ1v) is 11.4. The minimum Gasteiger partial charge on any atom is -0.351 e. The summed E-state index contributed by atoms with van der Waals surface area (Å²) in [6.07, 6.45) is 8.44. The van der Waals surface area contributed by atoms with Crippen molar-refractivity contribution in [3.05, 3.63) is 77.9 Å². The summed E-state index contributed by atoms with van der Waals surface area (Å²) in [5.74, 6) is -1.96. The summed E-state index contributed by atoms with van der Waals surface area (Å²) < 4.78 is 28.5. The van der Waals surface area contributed by atoms with Crippen LogP contribution in [-0.2, 0) is 4.79 Å². The van der Waals surface area contributed by atoms with E-state index in [0.29, 0.717) is 23.7 Å². The molecule has 3 rings (SSSR count). The minimum absolute atomic E-state index is 0.0343. The molecule has 0 bridgehead atoms. The number of pyridine rings is 1. The molecule has 1 fully saturated rings. The molecule has 1 aromatic carbocycles. The number of carbonyl (C=O) groups is 2. The third-order valence-electron chi connectivity index (χ3n) is 5.87. The highest BCUT2D eigenvalue weighted by Crippen LogP contribution is 2.29. The molecule has 2 aromatic rings. The Kier molecular flexibility index (Phi) is 8.83. The van der Waals surface area contributed by atoms with Gasteiger partial charge >= 0.3 is 0 Å². The first-order chi connectivity index (χ1) is 16.8. The highest BCUT2D eigenvalue weighted by molar-refractivity contribution is 5.98. The number of carbonyl (C=O) groups excluding carboxylic acids is 2. The third-order valence-corrected chi connectivity index (χ3v) is 5.87. The van der Waals surface area contributed by atoms with E-state index in [9.17, 15) is 18.4 Å². The van der Waals surface area contributed by atoms with Crippen LogP contribution in [-0.4, -0.2) is 29.6 Å². The van der Waals surface area contributed by atoms with Crippen LogP contribution in [0.15, 0.2) is 60.0 Å². The van der Waals surface area contributed by atoms with E-state index in [0.717, 1.165) is 37.9 Å². The van der Waals surface area contributed by atoms with Crippen molar-refractivity contribution >= 4 is 29.9 Å². The zero-order chi connectivity index (χ0) is 25.4. The van der Waals surface area contributed by atoms with E-state index in [2.05, 4.69) is 39.2 Å². The molecule has 0 radical (unpaired) electrons. The molecule has 0 saturated heterocycles. The number of rotatable bonds is 10. The Hall–Kier alpha value is -3.88. The minimum atomic E-state index is -0.819. The fraction of sp³-hybridized carbons (Fsp3) is 0.308. The molecule has 3 N–H and O–H groups in total. The number of aryl methyl sites for hydroxylation is 1. The largest absolute Gasteiger partial charge is 0.351 e. The van der Waals surface area contributed by atoms with Crippen molar-refractivity contribution in [3.63, 3.8) is 0 Å². The van der Waals surface area contributed by atoms with Crippen LogP contribution in [0.1, 0.15) is 48.2 Å². The Labute approximate surface area is 203 Å². The predicted octanol–water partition coefficient (Wildman–Crippen LogP) is 4.93. The second-order valence-electron chi connectivity index (χ2n) is 8.50. The summed E-state index contributed by atoms with van der Waals surface area (Å²) in [4.78, 5) is 33.5. The Morgan fingerprint density at radius 1 is 1.20 bits per heavy atom. The summed E-state index contributed by atoms with van der Waals surface area (Å²) in [6, 6.07) is 4.32. The molecule has 1 aliphatic carbocycles. The zero-order valence-electron chi connectivity index (χ0n) is 19.6. The Bertz CT molecular complexity index is 1140. The lowest BCUT2D eigenvalue weighted by molar-refractivity contribution is -0.122. The number of allylic oxidation sites excluding steroid dienone is 1. The molecule has 1 unspecified atom stereocenters. The SMILES string of the molecule is C=C/C(=C\N=C)NC(=O)C(CC1CCCC1)NC(=O)c1ccc(F)c(Nc2cc(C)ncc2F)c1. The van der Waals surface area contributed by atoms with Gasteiger partial charge in [0.1, 0.15) is 11.9 Å². The van der Waals surface area contributed by atoms with E-state index in [4.69, 9.17) is 0 Å². The van der Waals surface area contributed by atoms with Crippen molar-refractivity contribution in [3.8, 4) is 0 Å². The number of anilines is 2. The van der Waals surface area contributed by atoms with Gasteiger partial charge in [-0.05, 0) is 56.3 Å². The summed E-state index contributed by atoms with van der Waals surface area (Å²) in [5, 5.41) is 8.14. The van der Waals surface area contributed by atoms with Crippen LogP contribution in [0, 0.1) is 24.5 Å². The van der Waals surface area contributed by atoms with E-state index in [1.54, 1.807) is 6.92 Å². The van der Waals surface area contributed by atoms with E-state index in [-0.39, 0.29) is 16.9 Å². The molecule has 1 aromatic heterocycles. The molecule has 1 saturated carbocycles. The van der Waals surface area contributed by atoms with Crippen molar-refractivity contribution in [2.45, 2.75) is 45.1 Å². The average Bonchev–Trinajstić information content (AvgIpc) is 3.35. The van der Waals surface area contributed by atoms with Crippen molar-refractivity contribution in [1.29, 1.82) is 0 Å². The molecule has 2 amide bonds. The number of benzene rings is 1. The second kappa shape index (κ2) is 12.0. The average molecular weight is 482 g/mol. The number of aromatic nitrogens is 1. The van der Waals surface area contributed by atoms with E-state index < -0.39 is 29.5 Å². The quantitative estimate of drug-likeness (QED) is 0.331. The number of hydrogen-bond acceptors (Lipinski definition) is 5. The van der Waals surface area contributed by atoms with Crippen molar-refractivity contribution in [2.75, 3.05) is 5.32 Å². The molecular weight excluding hydrogens is 452 g/mol. The van der Waals surface area contributed by atoms with E-state index in [1.165, 1.54) is 30.5 Å². The first kappa shape index (κ1) is 25.7. The van der Waals surface area contributed by atoms with Gasteiger partial charge in [-0.1, -0.05) is 32.3 Å². The Morgan fingerprint density at radius 3 is 2.60 bits per heavy atom. The third kappa shape index (κ3) is 7.05. The van der Waals surface area contributed by atoms with Gasteiger partial charge in [-0.3, -0.25) is 19.6 Å². The van der Waals surface area contributed by atoms with Crippen LogP contribution in [0.2, 0.25) is 0 Å². The second-order valence-corrected chi connectivity index (χ2v) is 8.50. The molecular formula is C26H29F2N5O2. The monoisotopic (exact) mass is 481 g/mol. The summed E-state index contributed by atoms with van der Waals surface area (Å²) in [6.45, 7) is 8.68. The van der Waals surface area contributed by atoms with Gasteiger partial charge in [0.25, 0.3) is 5.91 Å². The molecule has 7 nitrogen and oxygen atoms in total. The van der Waals surface area contributed by atoms with Crippen LogP contribution in [0.5, 0.6) is 0 Å². The summed E-state index contributed by atoms with van der Waals surface area (Å²) >= 11 is 0. The summed E-state index contributed by atoms with van der Waals surface area (Å²) in [7, 11) is 0. The van der Waals surface area contributed by atoms with Gasteiger partial charge in [0.05, 0.1) is 23.3 Å². The van der Waals surface area contributed by atoms with Gasteiger partial charge in [0, 0.05) is 17.5 Å². The normalized spacial score (nSPS) is 14.8. The molecule has 1 aliphatic rings. The van der Waals surface area contributed by atoms with Gasteiger partial charge < -0.3 is 16.0 Å². The molecule has 0 spiro atoms. The smallest absolute Gasteiger partial charge is 0.252 e. The highest BCUT2D eigenvalue weighted by Gasteiger charge is 2.27. The molecule has 35 heavy (non-hydrogen) atoms. The Balaban J connectivity index is 1.80. The molecule has 9 heteroatoms. The van der Waals surface area contributed by atoms with Crippen LogP contribution < -0.4 is 16.0 Å². The topological polar surface area (TPSA) is 95.5 Å². The lowest BCUT2D eigenvalue weighted by atomic mass is 9.97. The molecule has 184 valence electrons. The van der Waals surface area contributed by atoms with Crippen molar-refractivity contribution in [1.82, 2.24) is 15.6 Å². The van der Waals surface area contributed by atoms with Crippen LogP contribution in [0.3, 0.4) is 0 Å².